The van der Waals surface area contributed by atoms with Crippen molar-refractivity contribution < 1.29 is 10.2 Å². The molecule has 0 aromatic heterocycles. The summed E-state index contributed by atoms with van der Waals surface area (Å²) >= 11 is 0. The SMILES string of the molecule is C[C@]12CC[C@H]3[C@@H](CC=C4C[C@@H](O)CC[C@@]43C)[C@@H]1CC[C@@H]2/C(=C/CO)c1ccccc1. The van der Waals surface area contributed by atoms with Gasteiger partial charge in [-0.05, 0) is 97.0 Å². The Labute approximate surface area is 182 Å². The number of fused-ring (bicyclic) bond motifs is 5. The first kappa shape index (κ1) is 20.5. The molecular weight excluding hydrogens is 368 g/mol. The Morgan fingerprint density at radius 2 is 1.83 bits per heavy atom. The summed E-state index contributed by atoms with van der Waals surface area (Å²) in [5.74, 6) is 2.88. The van der Waals surface area contributed by atoms with Gasteiger partial charge in [0.25, 0.3) is 0 Å². The second-order valence-electron chi connectivity index (χ2n) is 11.0. The number of rotatable bonds is 3. The van der Waals surface area contributed by atoms with E-state index in [1.165, 1.54) is 43.2 Å². The molecule has 2 N–H and O–H groups in total. The fourth-order valence-corrected chi connectivity index (χ4v) is 8.34. The molecule has 0 radical (unpaired) electrons. The molecular formula is C28H38O2. The van der Waals surface area contributed by atoms with Gasteiger partial charge in [0.15, 0.2) is 0 Å². The van der Waals surface area contributed by atoms with Crippen molar-refractivity contribution in [2.45, 2.75) is 71.3 Å². The average molecular weight is 407 g/mol. The standard InChI is InChI=1S/C28H38O2/c1-27-15-12-21(30)18-20(27)8-9-23-25-11-10-24(28(25,2)16-13-26(23)27)22(14-17-29)19-6-4-3-5-7-19/h3-8,14,21,23-26,29-30H,9-13,15-18H2,1-2H3/b22-14+/t21-,23-,24+,25-,26-,27-,28+/m0/s1. The Bertz CT molecular complexity index is 839. The Morgan fingerprint density at radius 3 is 2.60 bits per heavy atom. The van der Waals surface area contributed by atoms with E-state index in [-0.39, 0.29) is 12.7 Å². The molecule has 3 fully saturated rings. The molecule has 0 heterocycles. The first-order chi connectivity index (χ1) is 14.5. The van der Waals surface area contributed by atoms with Crippen LogP contribution >= 0.6 is 0 Å². The summed E-state index contributed by atoms with van der Waals surface area (Å²) in [7, 11) is 0. The predicted molar refractivity (Wildman–Crippen MR) is 123 cm³/mol. The highest BCUT2D eigenvalue weighted by Crippen LogP contribution is 2.67. The second kappa shape index (κ2) is 7.64. The topological polar surface area (TPSA) is 40.5 Å². The Kier molecular flexibility index (Phi) is 5.22. The number of aliphatic hydroxyl groups excluding tert-OH is 2. The third-order valence-corrected chi connectivity index (χ3v) is 9.87. The molecule has 30 heavy (non-hydrogen) atoms. The van der Waals surface area contributed by atoms with Crippen molar-refractivity contribution in [1.82, 2.24) is 0 Å². The molecule has 2 heteroatoms. The lowest BCUT2D eigenvalue weighted by atomic mass is 9.47. The summed E-state index contributed by atoms with van der Waals surface area (Å²) in [6.07, 6.45) is 13.9. The van der Waals surface area contributed by atoms with Gasteiger partial charge in [-0.1, -0.05) is 61.9 Å². The highest BCUT2D eigenvalue weighted by Gasteiger charge is 2.59. The van der Waals surface area contributed by atoms with Gasteiger partial charge in [-0.25, -0.2) is 0 Å². The Morgan fingerprint density at radius 1 is 1.03 bits per heavy atom. The van der Waals surface area contributed by atoms with Gasteiger partial charge in [0.1, 0.15) is 0 Å². The van der Waals surface area contributed by atoms with Crippen molar-refractivity contribution in [1.29, 1.82) is 0 Å². The van der Waals surface area contributed by atoms with Gasteiger partial charge in [-0.15, -0.1) is 0 Å². The monoisotopic (exact) mass is 406 g/mol. The molecule has 0 bridgehead atoms. The van der Waals surface area contributed by atoms with E-state index in [9.17, 15) is 10.2 Å². The van der Waals surface area contributed by atoms with Gasteiger partial charge < -0.3 is 10.2 Å². The van der Waals surface area contributed by atoms with Crippen molar-refractivity contribution in [3.8, 4) is 0 Å². The Balaban J connectivity index is 1.46. The van der Waals surface area contributed by atoms with Crippen LogP contribution in [0.25, 0.3) is 5.57 Å². The lowest BCUT2D eigenvalue weighted by molar-refractivity contribution is -0.0432. The number of hydrogen-bond acceptors (Lipinski definition) is 2. The molecule has 7 atom stereocenters. The van der Waals surface area contributed by atoms with Crippen LogP contribution in [0.4, 0.5) is 0 Å². The van der Waals surface area contributed by atoms with Crippen molar-refractivity contribution in [3.63, 3.8) is 0 Å². The summed E-state index contributed by atoms with van der Waals surface area (Å²) in [5, 5.41) is 20.0. The first-order valence-electron chi connectivity index (χ1n) is 12.2. The molecule has 4 aliphatic carbocycles. The van der Waals surface area contributed by atoms with Gasteiger partial charge in [-0.3, -0.25) is 0 Å². The molecule has 1 aromatic rings. The van der Waals surface area contributed by atoms with Gasteiger partial charge in [0, 0.05) is 0 Å². The van der Waals surface area contributed by atoms with Crippen LogP contribution in [0.3, 0.4) is 0 Å². The van der Waals surface area contributed by atoms with Crippen molar-refractivity contribution in [2.75, 3.05) is 6.61 Å². The maximum absolute atomic E-state index is 10.2. The number of hydrogen-bond donors (Lipinski definition) is 2. The Hall–Kier alpha value is -1.38. The van der Waals surface area contributed by atoms with E-state index in [0.29, 0.717) is 16.7 Å². The van der Waals surface area contributed by atoms with Crippen LogP contribution in [0.15, 0.2) is 48.1 Å². The van der Waals surface area contributed by atoms with Crippen LogP contribution in [0.2, 0.25) is 0 Å². The second-order valence-corrected chi connectivity index (χ2v) is 11.0. The maximum atomic E-state index is 10.2. The first-order valence-corrected chi connectivity index (χ1v) is 12.2. The van der Waals surface area contributed by atoms with Crippen LogP contribution < -0.4 is 0 Å². The molecule has 5 rings (SSSR count). The maximum Gasteiger partial charge on any atom is 0.0618 e. The van der Waals surface area contributed by atoms with Gasteiger partial charge in [-0.2, -0.15) is 0 Å². The van der Waals surface area contributed by atoms with Crippen LogP contribution in [-0.4, -0.2) is 22.9 Å². The largest absolute Gasteiger partial charge is 0.393 e. The van der Waals surface area contributed by atoms with E-state index in [0.717, 1.165) is 37.0 Å². The quantitative estimate of drug-likeness (QED) is 0.604. The van der Waals surface area contributed by atoms with Crippen molar-refractivity contribution in [2.24, 2.45) is 34.5 Å². The van der Waals surface area contributed by atoms with E-state index < -0.39 is 0 Å². The van der Waals surface area contributed by atoms with E-state index in [4.69, 9.17) is 0 Å². The molecule has 0 amide bonds. The molecule has 2 nitrogen and oxygen atoms in total. The van der Waals surface area contributed by atoms with Crippen LogP contribution in [0.1, 0.15) is 70.8 Å². The van der Waals surface area contributed by atoms with E-state index in [1.807, 2.05) is 0 Å². The molecule has 0 spiro atoms. The lowest BCUT2D eigenvalue weighted by Crippen LogP contribution is -2.50. The van der Waals surface area contributed by atoms with Gasteiger partial charge in [0.05, 0.1) is 12.7 Å². The summed E-state index contributed by atoms with van der Waals surface area (Å²) in [5.41, 5.74) is 4.87. The van der Waals surface area contributed by atoms with Crippen LogP contribution in [-0.2, 0) is 0 Å². The normalized spacial score (nSPS) is 43.4. The molecule has 0 saturated heterocycles. The minimum absolute atomic E-state index is 0.123. The predicted octanol–water partition coefficient (Wildman–Crippen LogP) is 6.00. The van der Waals surface area contributed by atoms with E-state index in [2.05, 4.69) is 56.3 Å². The summed E-state index contributed by atoms with van der Waals surface area (Å²) < 4.78 is 0. The fourth-order valence-electron chi connectivity index (χ4n) is 8.34. The smallest absolute Gasteiger partial charge is 0.0618 e. The average Bonchev–Trinajstić information content (AvgIpc) is 3.10. The molecule has 1 aromatic carbocycles. The summed E-state index contributed by atoms with van der Waals surface area (Å²) in [6, 6.07) is 10.8. The zero-order valence-corrected chi connectivity index (χ0v) is 18.7. The molecule has 0 unspecified atom stereocenters. The third kappa shape index (κ3) is 3.06. The van der Waals surface area contributed by atoms with Crippen LogP contribution in [0, 0.1) is 34.5 Å². The lowest BCUT2D eigenvalue weighted by Gasteiger charge is -2.58. The highest BCUT2D eigenvalue weighted by atomic mass is 16.3. The number of allylic oxidation sites excluding steroid dienone is 2. The summed E-state index contributed by atoms with van der Waals surface area (Å²) in [6.45, 7) is 5.20. The molecule has 3 saturated carbocycles. The third-order valence-electron chi connectivity index (χ3n) is 9.87. The molecule has 162 valence electrons. The van der Waals surface area contributed by atoms with E-state index >= 15 is 0 Å². The zero-order chi connectivity index (χ0) is 20.9. The van der Waals surface area contributed by atoms with Crippen molar-refractivity contribution >= 4 is 5.57 Å². The minimum Gasteiger partial charge on any atom is -0.393 e. The van der Waals surface area contributed by atoms with E-state index in [1.54, 1.807) is 5.57 Å². The van der Waals surface area contributed by atoms with Crippen LogP contribution in [0.5, 0.6) is 0 Å². The molecule has 0 aliphatic heterocycles. The minimum atomic E-state index is -0.123. The zero-order valence-electron chi connectivity index (χ0n) is 18.7. The van der Waals surface area contributed by atoms with Gasteiger partial charge >= 0.3 is 0 Å². The number of aliphatic hydroxyl groups is 2. The number of benzene rings is 1. The molecule has 4 aliphatic rings. The summed E-state index contributed by atoms with van der Waals surface area (Å²) in [4.78, 5) is 0. The highest BCUT2D eigenvalue weighted by molar-refractivity contribution is 5.68. The van der Waals surface area contributed by atoms with Gasteiger partial charge in [0.2, 0.25) is 0 Å². The van der Waals surface area contributed by atoms with Crippen molar-refractivity contribution in [3.05, 3.63) is 53.6 Å². The fraction of sp³-hybridized carbons (Fsp3) is 0.643.